The maximum atomic E-state index is 11.9. The second-order valence-corrected chi connectivity index (χ2v) is 4.36. The minimum absolute atomic E-state index is 0.228. The molecule has 0 saturated heterocycles. The number of nitrogens with one attached hydrogen (secondary N) is 1. The first-order valence-corrected chi connectivity index (χ1v) is 6.19. The molecular formula is C12H14ClN5O. The van der Waals surface area contributed by atoms with E-state index in [0.717, 1.165) is 6.54 Å². The van der Waals surface area contributed by atoms with Crippen LogP contribution in [-0.4, -0.2) is 20.7 Å². The third kappa shape index (κ3) is 3.03. The number of carbonyl (C=O) groups excluding carboxylic acids is 1. The lowest BCUT2D eigenvalue weighted by Gasteiger charge is -2.07. The summed E-state index contributed by atoms with van der Waals surface area (Å²) in [4.78, 5) is 11.9. The van der Waals surface area contributed by atoms with E-state index in [-0.39, 0.29) is 5.91 Å². The standard InChI is InChI=1S/C12H14ClN5O/c1-2-18-7-16-17-11(18)6-15-12(19)8-3-4-9(13)10(14)5-8/h3-5,7H,2,6,14H2,1H3,(H,15,19). The van der Waals surface area contributed by atoms with E-state index in [4.69, 9.17) is 17.3 Å². The van der Waals surface area contributed by atoms with Crippen LogP contribution in [0.1, 0.15) is 23.1 Å². The molecule has 0 unspecified atom stereocenters. The van der Waals surface area contributed by atoms with Crippen molar-refractivity contribution in [1.82, 2.24) is 20.1 Å². The van der Waals surface area contributed by atoms with E-state index in [1.807, 2.05) is 11.5 Å². The van der Waals surface area contributed by atoms with E-state index < -0.39 is 0 Å². The van der Waals surface area contributed by atoms with Gasteiger partial charge in [0.05, 0.1) is 17.3 Å². The van der Waals surface area contributed by atoms with Crippen LogP contribution in [0.3, 0.4) is 0 Å². The highest BCUT2D eigenvalue weighted by molar-refractivity contribution is 6.33. The third-order valence-electron chi connectivity index (χ3n) is 2.70. The number of amides is 1. The van der Waals surface area contributed by atoms with Crippen LogP contribution in [0, 0.1) is 0 Å². The zero-order chi connectivity index (χ0) is 13.8. The number of anilines is 1. The number of hydrogen-bond donors (Lipinski definition) is 2. The molecule has 1 aromatic heterocycles. The lowest BCUT2D eigenvalue weighted by molar-refractivity contribution is 0.0949. The van der Waals surface area contributed by atoms with Crippen molar-refractivity contribution in [2.45, 2.75) is 20.0 Å². The molecule has 3 N–H and O–H groups in total. The molecule has 2 aromatic rings. The zero-order valence-corrected chi connectivity index (χ0v) is 11.2. The van der Waals surface area contributed by atoms with Gasteiger partial charge in [0.15, 0.2) is 5.82 Å². The fraction of sp³-hybridized carbons (Fsp3) is 0.250. The summed E-state index contributed by atoms with van der Waals surface area (Å²) in [7, 11) is 0. The summed E-state index contributed by atoms with van der Waals surface area (Å²) in [6.45, 7) is 3.05. The van der Waals surface area contributed by atoms with Crippen LogP contribution in [-0.2, 0) is 13.1 Å². The van der Waals surface area contributed by atoms with Crippen molar-refractivity contribution in [3.63, 3.8) is 0 Å². The molecule has 1 heterocycles. The molecule has 2 rings (SSSR count). The van der Waals surface area contributed by atoms with Crippen LogP contribution in [0.15, 0.2) is 24.5 Å². The second-order valence-electron chi connectivity index (χ2n) is 3.95. The molecule has 0 aliphatic rings. The van der Waals surface area contributed by atoms with Gasteiger partial charge < -0.3 is 15.6 Å². The molecule has 7 heteroatoms. The molecule has 0 atom stereocenters. The summed E-state index contributed by atoms with van der Waals surface area (Å²) >= 11 is 5.80. The topological polar surface area (TPSA) is 85.8 Å². The third-order valence-corrected chi connectivity index (χ3v) is 3.05. The van der Waals surface area contributed by atoms with Crippen LogP contribution in [0.4, 0.5) is 5.69 Å². The normalized spacial score (nSPS) is 10.4. The van der Waals surface area contributed by atoms with Gasteiger partial charge in [-0.15, -0.1) is 10.2 Å². The van der Waals surface area contributed by atoms with Gasteiger partial charge in [0, 0.05) is 12.1 Å². The van der Waals surface area contributed by atoms with Gasteiger partial charge in [-0.3, -0.25) is 4.79 Å². The van der Waals surface area contributed by atoms with E-state index in [1.54, 1.807) is 24.5 Å². The maximum absolute atomic E-state index is 11.9. The predicted octanol–water partition coefficient (Wildman–Crippen LogP) is 1.46. The number of benzene rings is 1. The Hall–Kier alpha value is -2.08. The second kappa shape index (κ2) is 5.71. The Morgan fingerprint density at radius 1 is 1.53 bits per heavy atom. The van der Waals surface area contributed by atoms with Crippen LogP contribution < -0.4 is 11.1 Å². The molecule has 0 aliphatic heterocycles. The summed E-state index contributed by atoms with van der Waals surface area (Å²) in [5.41, 5.74) is 6.50. The highest BCUT2D eigenvalue weighted by Gasteiger charge is 2.09. The fourth-order valence-electron chi connectivity index (χ4n) is 1.63. The number of hydrogen-bond acceptors (Lipinski definition) is 4. The molecule has 1 aromatic carbocycles. The summed E-state index contributed by atoms with van der Waals surface area (Å²) in [5, 5.41) is 10.9. The Morgan fingerprint density at radius 3 is 3.00 bits per heavy atom. The lowest BCUT2D eigenvalue weighted by Crippen LogP contribution is -2.24. The van der Waals surface area contributed by atoms with Gasteiger partial charge in [-0.25, -0.2) is 0 Å². The summed E-state index contributed by atoms with van der Waals surface area (Å²) in [6, 6.07) is 4.77. The number of nitrogens with zero attached hydrogens (tertiary/aromatic N) is 3. The van der Waals surface area contributed by atoms with Crippen molar-refractivity contribution in [1.29, 1.82) is 0 Å². The van der Waals surface area contributed by atoms with Crippen molar-refractivity contribution in [2.24, 2.45) is 0 Å². The van der Waals surface area contributed by atoms with Crippen molar-refractivity contribution < 1.29 is 4.79 Å². The van der Waals surface area contributed by atoms with Gasteiger partial charge in [0.1, 0.15) is 6.33 Å². The lowest BCUT2D eigenvalue weighted by atomic mass is 10.2. The minimum Gasteiger partial charge on any atom is -0.398 e. The fourth-order valence-corrected chi connectivity index (χ4v) is 1.74. The van der Waals surface area contributed by atoms with E-state index in [9.17, 15) is 4.79 Å². The van der Waals surface area contributed by atoms with E-state index in [2.05, 4.69) is 15.5 Å². The maximum Gasteiger partial charge on any atom is 0.251 e. The Bertz CT molecular complexity index is 596. The SMILES string of the molecule is CCn1cnnc1CNC(=O)c1ccc(Cl)c(N)c1. The quantitative estimate of drug-likeness (QED) is 0.830. The van der Waals surface area contributed by atoms with Crippen LogP contribution in [0.25, 0.3) is 0 Å². The first-order chi connectivity index (χ1) is 9.11. The Morgan fingerprint density at radius 2 is 2.32 bits per heavy atom. The first kappa shape index (κ1) is 13.4. The molecule has 0 aliphatic carbocycles. The largest absolute Gasteiger partial charge is 0.398 e. The molecule has 6 nitrogen and oxygen atoms in total. The smallest absolute Gasteiger partial charge is 0.251 e. The first-order valence-electron chi connectivity index (χ1n) is 5.81. The molecule has 1 amide bonds. The van der Waals surface area contributed by atoms with Gasteiger partial charge in [-0.05, 0) is 25.1 Å². The highest BCUT2D eigenvalue weighted by Crippen LogP contribution is 2.19. The number of carbonyl (C=O) groups is 1. The molecular weight excluding hydrogens is 266 g/mol. The van der Waals surface area contributed by atoms with Crippen molar-refractivity contribution in [3.05, 3.63) is 40.9 Å². The summed E-state index contributed by atoms with van der Waals surface area (Å²) in [6.07, 6.45) is 1.63. The van der Waals surface area contributed by atoms with Crippen LogP contribution in [0.5, 0.6) is 0 Å². The van der Waals surface area contributed by atoms with Gasteiger partial charge in [0.25, 0.3) is 5.91 Å². The molecule has 0 spiro atoms. The van der Waals surface area contributed by atoms with Crippen molar-refractivity contribution in [2.75, 3.05) is 5.73 Å². The van der Waals surface area contributed by atoms with E-state index >= 15 is 0 Å². The van der Waals surface area contributed by atoms with Crippen LogP contribution >= 0.6 is 11.6 Å². The monoisotopic (exact) mass is 279 g/mol. The highest BCUT2D eigenvalue weighted by atomic mass is 35.5. The van der Waals surface area contributed by atoms with Gasteiger partial charge in [-0.1, -0.05) is 11.6 Å². The number of halogens is 1. The number of aryl methyl sites for hydroxylation is 1. The number of nitrogens with two attached hydrogens (primary N) is 1. The summed E-state index contributed by atoms with van der Waals surface area (Å²) in [5.74, 6) is 0.479. The Balaban J connectivity index is 2.03. The van der Waals surface area contributed by atoms with E-state index in [1.165, 1.54) is 0 Å². The van der Waals surface area contributed by atoms with Crippen molar-refractivity contribution in [3.8, 4) is 0 Å². The summed E-state index contributed by atoms with van der Waals surface area (Å²) < 4.78 is 1.86. The zero-order valence-electron chi connectivity index (χ0n) is 10.4. The van der Waals surface area contributed by atoms with Gasteiger partial charge >= 0.3 is 0 Å². The average Bonchev–Trinajstić information content (AvgIpc) is 2.86. The predicted molar refractivity (Wildman–Crippen MR) is 72.7 cm³/mol. The van der Waals surface area contributed by atoms with Crippen molar-refractivity contribution >= 4 is 23.2 Å². The minimum atomic E-state index is -0.228. The number of rotatable bonds is 4. The van der Waals surface area contributed by atoms with E-state index in [0.29, 0.717) is 28.6 Å². The molecule has 0 fully saturated rings. The Labute approximate surface area is 115 Å². The molecule has 0 saturated carbocycles. The Kier molecular flexibility index (Phi) is 4.01. The molecule has 100 valence electrons. The van der Waals surface area contributed by atoms with Crippen LogP contribution in [0.2, 0.25) is 5.02 Å². The molecule has 19 heavy (non-hydrogen) atoms. The average molecular weight is 280 g/mol. The van der Waals surface area contributed by atoms with Gasteiger partial charge in [-0.2, -0.15) is 0 Å². The number of nitrogen functional groups attached to an aromatic ring is 1. The van der Waals surface area contributed by atoms with Gasteiger partial charge in [0.2, 0.25) is 0 Å². The molecule has 0 bridgehead atoms. The molecule has 0 radical (unpaired) electrons. The number of aromatic nitrogens is 3.